The Labute approximate surface area is 151 Å². The highest BCUT2D eigenvalue weighted by molar-refractivity contribution is 5.26. The van der Waals surface area contributed by atoms with Crippen LogP contribution in [-0.2, 0) is 28.2 Å². The van der Waals surface area contributed by atoms with E-state index in [-0.39, 0.29) is 5.41 Å². The molecular weight excluding hydrogens is 312 g/mol. The summed E-state index contributed by atoms with van der Waals surface area (Å²) >= 11 is 0. The maximum absolute atomic E-state index is 6.34. The Bertz CT molecular complexity index is 637. The van der Waals surface area contributed by atoms with Gasteiger partial charge in [-0.2, -0.15) is 0 Å². The van der Waals surface area contributed by atoms with Crippen LogP contribution >= 0.6 is 0 Å². The number of nitrogens with zero attached hydrogens (tertiary/aromatic N) is 2. The average Bonchev–Trinajstić information content (AvgIpc) is 3.11. The van der Waals surface area contributed by atoms with Crippen molar-refractivity contribution in [3.05, 3.63) is 54.1 Å². The lowest BCUT2D eigenvalue weighted by atomic mass is 9.91. The number of hydrogen-bond acceptors (Lipinski definition) is 3. The monoisotopic (exact) mass is 342 g/mol. The summed E-state index contributed by atoms with van der Waals surface area (Å²) in [6.45, 7) is 8.94. The molecule has 2 heterocycles. The Morgan fingerprint density at radius 1 is 1.12 bits per heavy atom. The number of benzene rings is 1. The van der Waals surface area contributed by atoms with Crippen molar-refractivity contribution in [1.82, 2.24) is 9.55 Å². The van der Waals surface area contributed by atoms with E-state index in [2.05, 4.69) is 54.6 Å². The van der Waals surface area contributed by atoms with Crippen molar-refractivity contribution in [3.63, 3.8) is 0 Å². The number of hydrogen-bond donors (Lipinski definition) is 0. The number of ether oxygens (including phenoxy) is 2. The molecule has 0 N–H and O–H groups in total. The minimum absolute atomic E-state index is 0.0655. The lowest BCUT2D eigenvalue weighted by Gasteiger charge is -2.44. The van der Waals surface area contributed by atoms with Crippen molar-refractivity contribution in [1.29, 1.82) is 0 Å². The summed E-state index contributed by atoms with van der Waals surface area (Å²) in [6.07, 6.45) is 9.77. The second-order valence-corrected chi connectivity index (χ2v) is 7.85. The molecule has 0 aliphatic carbocycles. The SMILES string of the molecule is CCCc1ccc(C2(CCCn3ccnc3)OCC(C)(C)CO2)cc1. The van der Waals surface area contributed by atoms with Crippen molar-refractivity contribution in [2.75, 3.05) is 13.2 Å². The fourth-order valence-corrected chi connectivity index (χ4v) is 3.29. The van der Waals surface area contributed by atoms with Gasteiger partial charge in [0, 0.05) is 36.3 Å². The molecule has 0 atom stereocenters. The largest absolute Gasteiger partial charge is 0.345 e. The Morgan fingerprint density at radius 3 is 2.44 bits per heavy atom. The lowest BCUT2D eigenvalue weighted by molar-refractivity contribution is -0.311. The zero-order chi connectivity index (χ0) is 17.8. The summed E-state index contributed by atoms with van der Waals surface area (Å²) in [4.78, 5) is 4.11. The molecule has 1 saturated heterocycles. The normalized spacial score (nSPS) is 19.0. The molecule has 4 heteroatoms. The molecule has 136 valence electrons. The third-order valence-corrected chi connectivity index (χ3v) is 4.81. The van der Waals surface area contributed by atoms with Gasteiger partial charge in [0.1, 0.15) is 0 Å². The molecule has 1 fully saturated rings. The van der Waals surface area contributed by atoms with Gasteiger partial charge in [-0.1, -0.05) is 51.5 Å². The first-order valence-corrected chi connectivity index (χ1v) is 9.36. The summed E-state index contributed by atoms with van der Waals surface area (Å²) < 4.78 is 14.8. The van der Waals surface area contributed by atoms with E-state index < -0.39 is 5.79 Å². The number of rotatable bonds is 7. The van der Waals surface area contributed by atoms with Crippen LogP contribution in [0.1, 0.15) is 51.2 Å². The van der Waals surface area contributed by atoms with E-state index in [0.717, 1.165) is 51.0 Å². The van der Waals surface area contributed by atoms with Crippen LogP contribution in [0.15, 0.2) is 43.0 Å². The van der Waals surface area contributed by atoms with Crippen LogP contribution in [0.5, 0.6) is 0 Å². The Kier molecular flexibility index (Phi) is 5.60. The zero-order valence-electron chi connectivity index (χ0n) is 15.7. The fourth-order valence-electron chi connectivity index (χ4n) is 3.29. The van der Waals surface area contributed by atoms with Crippen molar-refractivity contribution >= 4 is 0 Å². The molecule has 2 aromatic rings. The van der Waals surface area contributed by atoms with Crippen LogP contribution in [0.3, 0.4) is 0 Å². The van der Waals surface area contributed by atoms with E-state index in [1.807, 2.05) is 18.7 Å². The standard InChI is InChI=1S/C21H30N2O2/c1-4-6-18-7-9-19(10-8-18)21(24-15-20(2,3)16-25-21)11-5-13-23-14-12-22-17-23/h7-10,12,14,17H,4-6,11,13,15-16H2,1-3H3. The molecule has 1 aromatic carbocycles. The van der Waals surface area contributed by atoms with Crippen molar-refractivity contribution < 1.29 is 9.47 Å². The molecule has 0 unspecified atom stereocenters. The molecule has 4 nitrogen and oxygen atoms in total. The van der Waals surface area contributed by atoms with Crippen LogP contribution in [0.4, 0.5) is 0 Å². The van der Waals surface area contributed by atoms with Crippen LogP contribution < -0.4 is 0 Å². The van der Waals surface area contributed by atoms with E-state index >= 15 is 0 Å². The van der Waals surface area contributed by atoms with Crippen molar-refractivity contribution in [2.24, 2.45) is 5.41 Å². The zero-order valence-corrected chi connectivity index (χ0v) is 15.7. The predicted octanol–water partition coefficient (Wildman–Crippen LogP) is 4.54. The van der Waals surface area contributed by atoms with Gasteiger partial charge in [-0.15, -0.1) is 0 Å². The molecule has 0 bridgehead atoms. The highest BCUT2D eigenvalue weighted by Gasteiger charge is 2.41. The second kappa shape index (κ2) is 7.71. The second-order valence-electron chi connectivity index (χ2n) is 7.85. The molecular formula is C21H30N2O2. The van der Waals surface area contributed by atoms with Crippen molar-refractivity contribution in [2.45, 2.75) is 58.8 Å². The maximum Gasteiger partial charge on any atom is 0.194 e. The van der Waals surface area contributed by atoms with Gasteiger partial charge in [-0.05, 0) is 18.4 Å². The van der Waals surface area contributed by atoms with E-state index in [0.29, 0.717) is 0 Å². The van der Waals surface area contributed by atoms with Gasteiger partial charge in [0.05, 0.1) is 19.5 Å². The summed E-state index contributed by atoms with van der Waals surface area (Å²) in [5.41, 5.74) is 2.57. The molecule has 0 saturated carbocycles. The highest BCUT2D eigenvalue weighted by Crippen LogP contribution is 2.40. The molecule has 25 heavy (non-hydrogen) atoms. The summed E-state index contributed by atoms with van der Waals surface area (Å²) in [6, 6.07) is 8.78. The number of imidazole rings is 1. The predicted molar refractivity (Wildman–Crippen MR) is 99.3 cm³/mol. The van der Waals surface area contributed by atoms with Crippen LogP contribution in [-0.4, -0.2) is 22.8 Å². The summed E-state index contributed by atoms with van der Waals surface area (Å²) in [5.74, 6) is -0.624. The van der Waals surface area contributed by atoms with Gasteiger partial charge >= 0.3 is 0 Å². The number of aryl methyl sites for hydroxylation is 2. The molecule has 1 aliphatic rings. The third-order valence-electron chi connectivity index (χ3n) is 4.81. The van der Waals surface area contributed by atoms with E-state index in [1.54, 1.807) is 0 Å². The van der Waals surface area contributed by atoms with Crippen LogP contribution in [0.25, 0.3) is 0 Å². The van der Waals surface area contributed by atoms with Crippen LogP contribution in [0.2, 0.25) is 0 Å². The van der Waals surface area contributed by atoms with Gasteiger partial charge in [0.15, 0.2) is 5.79 Å². The Hall–Kier alpha value is -1.65. The fraction of sp³-hybridized carbons (Fsp3) is 0.571. The van der Waals surface area contributed by atoms with E-state index in [9.17, 15) is 0 Å². The van der Waals surface area contributed by atoms with Gasteiger partial charge < -0.3 is 14.0 Å². The first kappa shape index (κ1) is 18.2. The first-order chi connectivity index (χ1) is 12.0. The van der Waals surface area contributed by atoms with Crippen LogP contribution in [0, 0.1) is 5.41 Å². The summed E-state index contributed by atoms with van der Waals surface area (Å²) in [5, 5.41) is 0. The van der Waals surface area contributed by atoms with Gasteiger partial charge in [0.2, 0.25) is 0 Å². The van der Waals surface area contributed by atoms with Gasteiger partial charge in [-0.3, -0.25) is 0 Å². The number of aromatic nitrogens is 2. The smallest absolute Gasteiger partial charge is 0.194 e. The molecule has 0 radical (unpaired) electrons. The summed E-state index contributed by atoms with van der Waals surface area (Å²) in [7, 11) is 0. The van der Waals surface area contributed by atoms with E-state index in [1.165, 1.54) is 5.56 Å². The minimum atomic E-state index is -0.624. The molecule has 1 aliphatic heterocycles. The Balaban J connectivity index is 1.74. The Morgan fingerprint density at radius 2 is 1.84 bits per heavy atom. The van der Waals surface area contributed by atoms with E-state index in [4.69, 9.17) is 9.47 Å². The topological polar surface area (TPSA) is 36.3 Å². The third kappa shape index (κ3) is 4.50. The first-order valence-electron chi connectivity index (χ1n) is 9.36. The lowest BCUT2D eigenvalue weighted by Crippen LogP contribution is -2.45. The average molecular weight is 342 g/mol. The molecule has 0 amide bonds. The molecule has 0 spiro atoms. The highest BCUT2D eigenvalue weighted by atomic mass is 16.7. The molecule has 3 rings (SSSR count). The van der Waals surface area contributed by atoms with Crippen molar-refractivity contribution in [3.8, 4) is 0 Å². The quantitative estimate of drug-likeness (QED) is 0.741. The van der Waals surface area contributed by atoms with Gasteiger partial charge in [-0.25, -0.2) is 4.98 Å². The van der Waals surface area contributed by atoms with Gasteiger partial charge in [0.25, 0.3) is 0 Å². The molecule has 1 aromatic heterocycles. The minimum Gasteiger partial charge on any atom is -0.345 e. The maximum atomic E-state index is 6.34.